The van der Waals surface area contributed by atoms with Gasteiger partial charge in [-0.05, 0) is 73.9 Å². The van der Waals surface area contributed by atoms with Crippen LogP contribution in [0.2, 0.25) is 0 Å². The zero-order valence-corrected chi connectivity index (χ0v) is 19.7. The lowest BCUT2D eigenvalue weighted by atomic mass is 10.1. The molecule has 8 nitrogen and oxygen atoms in total. The fourth-order valence-electron chi connectivity index (χ4n) is 3.83. The van der Waals surface area contributed by atoms with Gasteiger partial charge in [0.2, 0.25) is 10.0 Å². The van der Waals surface area contributed by atoms with Crippen LogP contribution in [0.25, 0.3) is 0 Å². The molecule has 9 heteroatoms. The summed E-state index contributed by atoms with van der Waals surface area (Å²) < 4.78 is 32.5. The normalized spacial score (nSPS) is 14.9. The zero-order chi connectivity index (χ0) is 24.1. The van der Waals surface area contributed by atoms with E-state index in [9.17, 15) is 18.0 Å². The fraction of sp³-hybridized carbons (Fsp3) is 0.280. The van der Waals surface area contributed by atoms with Crippen LogP contribution < -0.4 is 10.6 Å². The molecule has 2 amide bonds. The van der Waals surface area contributed by atoms with Gasteiger partial charge >= 0.3 is 0 Å². The maximum atomic E-state index is 12.9. The topological polar surface area (TPSA) is 109 Å². The van der Waals surface area contributed by atoms with E-state index in [1.54, 1.807) is 46.8 Å². The second-order valence-electron chi connectivity index (χ2n) is 8.26. The van der Waals surface area contributed by atoms with E-state index in [2.05, 4.69) is 10.6 Å². The molecule has 2 N–H and O–H groups in total. The van der Waals surface area contributed by atoms with Gasteiger partial charge in [0.15, 0.2) is 5.76 Å². The number of sulfonamides is 1. The SMILES string of the molecule is Cc1ccc(C(=O)Nc2ccc(S(=O)(=O)N3CCCCCC3)cc2)cc1NC(=O)c1ccco1. The van der Waals surface area contributed by atoms with Crippen molar-refractivity contribution in [1.82, 2.24) is 4.31 Å². The monoisotopic (exact) mass is 481 g/mol. The quantitative estimate of drug-likeness (QED) is 0.532. The van der Waals surface area contributed by atoms with E-state index in [0.29, 0.717) is 30.0 Å². The highest BCUT2D eigenvalue weighted by Gasteiger charge is 2.25. The molecule has 2 heterocycles. The van der Waals surface area contributed by atoms with Crippen molar-refractivity contribution in [3.05, 3.63) is 77.7 Å². The molecule has 0 aliphatic carbocycles. The number of carbonyl (C=O) groups excluding carboxylic acids is 2. The summed E-state index contributed by atoms with van der Waals surface area (Å²) in [5.74, 6) is -0.618. The third-order valence-corrected chi connectivity index (χ3v) is 7.72. The smallest absolute Gasteiger partial charge is 0.291 e. The second kappa shape index (κ2) is 10.2. The van der Waals surface area contributed by atoms with Crippen LogP contribution in [0.1, 0.15) is 52.2 Å². The van der Waals surface area contributed by atoms with Crippen molar-refractivity contribution >= 4 is 33.2 Å². The summed E-state index contributed by atoms with van der Waals surface area (Å²) in [6.07, 6.45) is 5.24. The molecule has 1 fully saturated rings. The minimum atomic E-state index is -3.55. The number of rotatable bonds is 6. The molecular weight excluding hydrogens is 454 g/mol. The number of hydrogen-bond donors (Lipinski definition) is 2. The summed E-state index contributed by atoms with van der Waals surface area (Å²) in [6.45, 7) is 2.89. The molecule has 1 saturated heterocycles. The first-order chi connectivity index (χ1) is 16.3. The average molecular weight is 482 g/mol. The fourth-order valence-corrected chi connectivity index (χ4v) is 5.35. The number of furan rings is 1. The molecule has 4 rings (SSSR count). The van der Waals surface area contributed by atoms with Crippen molar-refractivity contribution in [2.24, 2.45) is 0 Å². The zero-order valence-electron chi connectivity index (χ0n) is 18.9. The number of nitrogens with one attached hydrogen (secondary N) is 2. The molecule has 178 valence electrons. The number of anilines is 2. The van der Waals surface area contributed by atoms with Crippen LogP contribution in [0.4, 0.5) is 11.4 Å². The van der Waals surface area contributed by atoms with Crippen molar-refractivity contribution in [1.29, 1.82) is 0 Å². The van der Waals surface area contributed by atoms with Crippen molar-refractivity contribution < 1.29 is 22.4 Å². The van der Waals surface area contributed by atoms with Gasteiger partial charge in [-0.1, -0.05) is 18.9 Å². The van der Waals surface area contributed by atoms with Gasteiger partial charge in [0.05, 0.1) is 11.2 Å². The molecule has 0 radical (unpaired) electrons. The van der Waals surface area contributed by atoms with Gasteiger partial charge in [-0.15, -0.1) is 0 Å². The Labute approximate surface area is 199 Å². The van der Waals surface area contributed by atoms with Gasteiger partial charge in [-0.3, -0.25) is 9.59 Å². The van der Waals surface area contributed by atoms with E-state index in [-0.39, 0.29) is 16.6 Å². The molecule has 3 aromatic rings. The van der Waals surface area contributed by atoms with Gasteiger partial charge in [-0.25, -0.2) is 8.42 Å². The second-order valence-corrected chi connectivity index (χ2v) is 10.2. The summed E-state index contributed by atoms with van der Waals surface area (Å²) in [5, 5.41) is 5.52. The molecule has 1 aliphatic rings. The highest BCUT2D eigenvalue weighted by molar-refractivity contribution is 7.89. The van der Waals surface area contributed by atoms with E-state index in [1.165, 1.54) is 18.4 Å². The lowest BCUT2D eigenvalue weighted by Crippen LogP contribution is -2.31. The Bertz CT molecular complexity index is 1260. The number of benzene rings is 2. The Morgan fingerprint density at radius 1 is 0.882 bits per heavy atom. The lowest BCUT2D eigenvalue weighted by Gasteiger charge is -2.20. The molecule has 0 spiro atoms. The maximum Gasteiger partial charge on any atom is 0.291 e. The molecule has 1 aliphatic heterocycles. The predicted molar refractivity (Wildman–Crippen MR) is 129 cm³/mol. The molecule has 0 saturated carbocycles. The summed E-state index contributed by atoms with van der Waals surface area (Å²) in [5.41, 5.74) is 2.11. The van der Waals surface area contributed by atoms with E-state index in [1.807, 2.05) is 6.92 Å². The Hall–Kier alpha value is -3.43. The van der Waals surface area contributed by atoms with Crippen LogP contribution in [0.3, 0.4) is 0 Å². The van der Waals surface area contributed by atoms with Crippen molar-refractivity contribution in [3.8, 4) is 0 Å². The molecular formula is C25H27N3O5S. The lowest BCUT2D eigenvalue weighted by molar-refractivity contribution is 0.0993. The number of nitrogens with zero attached hydrogens (tertiary/aromatic N) is 1. The highest BCUT2D eigenvalue weighted by Crippen LogP contribution is 2.23. The van der Waals surface area contributed by atoms with Crippen LogP contribution in [0.5, 0.6) is 0 Å². The molecule has 2 aromatic carbocycles. The van der Waals surface area contributed by atoms with E-state index >= 15 is 0 Å². The minimum Gasteiger partial charge on any atom is -0.459 e. The third-order valence-electron chi connectivity index (χ3n) is 5.81. The number of aryl methyl sites for hydroxylation is 1. The van der Waals surface area contributed by atoms with Gasteiger partial charge in [-0.2, -0.15) is 4.31 Å². The first kappa shape index (κ1) is 23.7. The largest absolute Gasteiger partial charge is 0.459 e. The van der Waals surface area contributed by atoms with Crippen LogP contribution in [0, 0.1) is 6.92 Å². The van der Waals surface area contributed by atoms with Crippen molar-refractivity contribution in [2.45, 2.75) is 37.5 Å². The number of carbonyl (C=O) groups is 2. The number of hydrogen-bond acceptors (Lipinski definition) is 5. The minimum absolute atomic E-state index is 0.171. The van der Waals surface area contributed by atoms with Crippen molar-refractivity contribution in [3.63, 3.8) is 0 Å². The Morgan fingerprint density at radius 2 is 1.59 bits per heavy atom. The summed E-state index contributed by atoms with van der Waals surface area (Å²) in [7, 11) is -3.55. The average Bonchev–Trinajstić information content (AvgIpc) is 3.23. The van der Waals surface area contributed by atoms with Crippen molar-refractivity contribution in [2.75, 3.05) is 23.7 Å². The standard InChI is InChI=1S/C25H27N3O5S/c1-18-8-9-19(17-22(18)27-25(30)23-7-6-16-33-23)24(29)26-20-10-12-21(13-11-20)34(31,32)28-14-4-2-3-5-15-28/h6-13,16-17H,2-5,14-15H2,1H3,(H,26,29)(H,27,30). The molecule has 0 unspecified atom stereocenters. The Kier molecular flexibility index (Phi) is 7.14. The molecule has 1 aromatic heterocycles. The van der Waals surface area contributed by atoms with Gasteiger partial charge in [0.1, 0.15) is 0 Å². The molecule has 0 atom stereocenters. The molecule has 34 heavy (non-hydrogen) atoms. The first-order valence-electron chi connectivity index (χ1n) is 11.2. The van der Waals surface area contributed by atoms with Gasteiger partial charge in [0.25, 0.3) is 11.8 Å². The van der Waals surface area contributed by atoms with Crippen LogP contribution in [0.15, 0.2) is 70.2 Å². The van der Waals surface area contributed by atoms with Crippen LogP contribution >= 0.6 is 0 Å². The Balaban J connectivity index is 1.45. The Morgan fingerprint density at radius 3 is 2.24 bits per heavy atom. The van der Waals surface area contributed by atoms with Crippen LogP contribution in [-0.2, 0) is 10.0 Å². The van der Waals surface area contributed by atoms with Gasteiger partial charge < -0.3 is 15.1 Å². The maximum absolute atomic E-state index is 12.9. The van der Waals surface area contributed by atoms with E-state index in [0.717, 1.165) is 31.2 Å². The van der Waals surface area contributed by atoms with E-state index in [4.69, 9.17) is 4.42 Å². The van der Waals surface area contributed by atoms with Gasteiger partial charge in [0, 0.05) is 30.0 Å². The highest BCUT2D eigenvalue weighted by atomic mass is 32.2. The third kappa shape index (κ3) is 5.37. The number of amides is 2. The predicted octanol–water partition coefficient (Wildman–Crippen LogP) is 4.66. The van der Waals surface area contributed by atoms with E-state index < -0.39 is 15.9 Å². The first-order valence-corrected chi connectivity index (χ1v) is 12.7. The molecule has 0 bridgehead atoms. The summed E-state index contributed by atoms with van der Waals surface area (Å²) in [4.78, 5) is 25.3. The summed E-state index contributed by atoms with van der Waals surface area (Å²) >= 11 is 0. The van der Waals surface area contributed by atoms with Crippen LogP contribution in [-0.4, -0.2) is 37.6 Å². The summed E-state index contributed by atoms with van der Waals surface area (Å²) in [6, 6.07) is 14.3.